The van der Waals surface area contributed by atoms with Crippen molar-refractivity contribution in [1.29, 1.82) is 0 Å². The molecule has 0 atom stereocenters. The molecule has 1 fully saturated rings. The highest BCUT2D eigenvalue weighted by Gasteiger charge is 2.32. The summed E-state index contributed by atoms with van der Waals surface area (Å²) in [7, 11) is 0. The third-order valence-electron chi connectivity index (χ3n) is 3.94. The van der Waals surface area contributed by atoms with Gasteiger partial charge in [0, 0.05) is 24.1 Å². The average Bonchev–Trinajstić information content (AvgIpc) is 2.46. The Morgan fingerprint density at radius 2 is 2.11 bits per heavy atom. The maximum Gasteiger partial charge on any atom is 0.267 e. The van der Waals surface area contributed by atoms with Crippen molar-refractivity contribution in [3.63, 3.8) is 0 Å². The molecule has 6 heteroatoms. The van der Waals surface area contributed by atoms with Crippen molar-refractivity contribution in [1.82, 2.24) is 10.7 Å². The van der Waals surface area contributed by atoms with E-state index in [4.69, 9.17) is 0 Å². The molecule has 0 radical (unpaired) electrons. The Morgan fingerprint density at radius 1 is 1.37 bits per heavy atom. The van der Waals surface area contributed by atoms with Crippen molar-refractivity contribution >= 4 is 29.3 Å². The van der Waals surface area contributed by atoms with Gasteiger partial charge in [-0.25, -0.2) is 5.43 Å². The van der Waals surface area contributed by atoms with Crippen molar-refractivity contribution in [3.8, 4) is 0 Å². The lowest BCUT2D eigenvalue weighted by Gasteiger charge is -2.35. The van der Waals surface area contributed by atoms with Crippen LogP contribution in [-0.4, -0.2) is 35.1 Å². The van der Waals surface area contributed by atoms with E-state index in [1.165, 1.54) is 19.3 Å². The second kappa shape index (κ2) is 6.41. The third kappa shape index (κ3) is 3.72. The van der Waals surface area contributed by atoms with Crippen molar-refractivity contribution in [2.75, 3.05) is 12.8 Å². The molecule has 0 aromatic carbocycles. The average molecular weight is 283 g/mol. The zero-order valence-corrected chi connectivity index (χ0v) is 12.1. The van der Waals surface area contributed by atoms with E-state index in [0.717, 1.165) is 12.8 Å². The van der Waals surface area contributed by atoms with Gasteiger partial charge in [-0.1, -0.05) is 19.3 Å². The van der Waals surface area contributed by atoms with Crippen molar-refractivity contribution < 1.29 is 9.59 Å². The van der Waals surface area contributed by atoms with Crippen LogP contribution in [0.1, 0.15) is 44.9 Å². The van der Waals surface area contributed by atoms with Gasteiger partial charge in [0.25, 0.3) is 5.91 Å². The quantitative estimate of drug-likeness (QED) is 0.820. The molecule has 1 aliphatic carbocycles. The van der Waals surface area contributed by atoms with Gasteiger partial charge in [0.2, 0.25) is 5.91 Å². The van der Waals surface area contributed by atoms with Crippen LogP contribution in [0.5, 0.6) is 0 Å². The molecule has 19 heavy (non-hydrogen) atoms. The van der Waals surface area contributed by atoms with E-state index in [9.17, 15) is 9.59 Å². The van der Waals surface area contributed by atoms with Crippen LogP contribution in [0.2, 0.25) is 0 Å². The van der Waals surface area contributed by atoms with E-state index in [1.807, 2.05) is 11.8 Å². The molecule has 0 aromatic heterocycles. The fraction of sp³-hybridized carbons (Fsp3) is 0.769. The fourth-order valence-electron chi connectivity index (χ4n) is 2.63. The molecule has 1 heterocycles. The Labute approximate surface area is 118 Å². The van der Waals surface area contributed by atoms with E-state index >= 15 is 0 Å². The minimum atomic E-state index is -0.140. The number of rotatable bonds is 4. The molecule has 2 aliphatic rings. The lowest BCUT2D eigenvalue weighted by molar-refractivity contribution is -0.121. The smallest absolute Gasteiger partial charge is 0.267 e. The molecule has 1 aliphatic heterocycles. The van der Waals surface area contributed by atoms with E-state index in [1.54, 1.807) is 0 Å². The maximum absolute atomic E-state index is 12.0. The molecule has 2 rings (SSSR count). The molecular formula is C13H21N3O2S. The summed E-state index contributed by atoms with van der Waals surface area (Å²) in [4.78, 5) is 23.0. The first-order chi connectivity index (χ1) is 9.15. The molecule has 0 saturated heterocycles. The SMILES string of the molecule is CSC1(CNC(=O)C2=NNC(=O)CC2)CCCCC1. The summed E-state index contributed by atoms with van der Waals surface area (Å²) < 4.78 is 0.187. The molecule has 5 nitrogen and oxygen atoms in total. The van der Waals surface area contributed by atoms with Crippen LogP contribution in [0.25, 0.3) is 0 Å². The number of hydrogen-bond donors (Lipinski definition) is 2. The number of nitrogens with zero attached hydrogens (tertiary/aromatic N) is 1. The highest BCUT2D eigenvalue weighted by Crippen LogP contribution is 2.37. The molecule has 106 valence electrons. The van der Waals surface area contributed by atoms with Gasteiger partial charge >= 0.3 is 0 Å². The van der Waals surface area contributed by atoms with Gasteiger partial charge in [-0.2, -0.15) is 16.9 Å². The van der Waals surface area contributed by atoms with Crippen LogP contribution < -0.4 is 10.7 Å². The Kier molecular flexibility index (Phi) is 4.85. The third-order valence-corrected chi connectivity index (χ3v) is 5.35. The summed E-state index contributed by atoms with van der Waals surface area (Å²) in [6.07, 6.45) is 9.02. The molecular weight excluding hydrogens is 262 g/mol. The monoisotopic (exact) mass is 283 g/mol. The number of thioether (sulfide) groups is 1. The van der Waals surface area contributed by atoms with Crippen LogP contribution in [0.3, 0.4) is 0 Å². The Bertz CT molecular complexity index is 389. The van der Waals surface area contributed by atoms with Gasteiger partial charge in [-0.15, -0.1) is 0 Å². The summed E-state index contributed by atoms with van der Waals surface area (Å²) in [5.41, 5.74) is 2.79. The van der Waals surface area contributed by atoms with E-state index in [0.29, 0.717) is 25.1 Å². The van der Waals surface area contributed by atoms with Crippen molar-refractivity contribution in [3.05, 3.63) is 0 Å². The van der Waals surface area contributed by atoms with Crippen LogP contribution in [0.15, 0.2) is 5.10 Å². The van der Waals surface area contributed by atoms with Gasteiger partial charge in [0.15, 0.2) is 0 Å². The molecule has 0 bridgehead atoms. The zero-order valence-electron chi connectivity index (χ0n) is 11.3. The van der Waals surface area contributed by atoms with Crippen molar-refractivity contribution in [2.24, 2.45) is 5.10 Å². The minimum Gasteiger partial charge on any atom is -0.350 e. The number of hydrazone groups is 1. The van der Waals surface area contributed by atoms with Crippen LogP contribution in [-0.2, 0) is 9.59 Å². The number of carbonyl (C=O) groups excluding carboxylic acids is 2. The molecule has 2 amide bonds. The van der Waals surface area contributed by atoms with Gasteiger partial charge in [-0.3, -0.25) is 9.59 Å². The first kappa shape index (κ1) is 14.4. The first-order valence-electron chi connectivity index (χ1n) is 6.84. The number of amides is 2. The van der Waals surface area contributed by atoms with Crippen LogP contribution in [0.4, 0.5) is 0 Å². The largest absolute Gasteiger partial charge is 0.350 e. The van der Waals surface area contributed by atoms with Crippen LogP contribution in [0, 0.1) is 0 Å². The van der Waals surface area contributed by atoms with Crippen molar-refractivity contribution in [2.45, 2.75) is 49.7 Å². The number of hydrogen-bond acceptors (Lipinski definition) is 4. The Morgan fingerprint density at radius 3 is 2.68 bits per heavy atom. The molecule has 0 aromatic rings. The summed E-state index contributed by atoms with van der Waals surface area (Å²) >= 11 is 1.86. The first-order valence-corrected chi connectivity index (χ1v) is 8.06. The predicted molar refractivity (Wildman–Crippen MR) is 77.2 cm³/mol. The lowest BCUT2D eigenvalue weighted by atomic mass is 9.88. The molecule has 0 unspecified atom stereocenters. The Hall–Kier alpha value is -1.04. The molecule has 2 N–H and O–H groups in total. The summed E-state index contributed by atoms with van der Waals surface area (Å²) in [5, 5.41) is 6.81. The normalized spacial score (nSPS) is 22.4. The molecule has 1 saturated carbocycles. The fourth-order valence-corrected chi connectivity index (χ4v) is 3.54. The van der Waals surface area contributed by atoms with Crippen LogP contribution >= 0.6 is 11.8 Å². The second-order valence-electron chi connectivity index (χ2n) is 5.22. The predicted octanol–water partition coefficient (Wildman–Crippen LogP) is 1.43. The minimum absolute atomic E-state index is 0.121. The summed E-state index contributed by atoms with van der Waals surface area (Å²) in [5.74, 6) is -0.261. The highest BCUT2D eigenvalue weighted by molar-refractivity contribution is 8.00. The number of carbonyl (C=O) groups is 2. The summed E-state index contributed by atoms with van der Waals surface area (Å²) in [6, 6.07) is 0. The van der Waals surface area contributed by atoms with E-state index < -0.39 is 0 Å². The van der Waals surface area contributed by atoms with Gasteiger partial charge in [0.1, 0.15) is 5.71 Å². The van der Waals surface area contributed by atoms with E-state index in [-0.39, 0.29) is 16.6 Å². The van der Waals surface area contributed by atoms with Gasteiger partial charge < -0.3 is 5.32 Å². The standard InChI is InChI=1S/C13H21N3O2S/c1-19-13(7-3-2-4-8-13)9-14-12(18)10-5-6-11(17)16-15-10/h2-9H2,1H3,(H,14,18)(H,16,17). The molecule has 0 spiro atoms. The Balaban J connectivity index is 1.87. The topological polar surface area (TPSA) is 70.6 Å². The van der Waals surface area contributed by atoms with E-state index in [2.05, 4.69) is 22.1 Å². The highest BCUT2D eigenvalue weighted by atomic mass is 32.2. The zero-order chi connectivity index (χ0) is 13.7. The van der Waals surface area contributed by atoms with Gasteiger partial charge in [-0.05, 0) is 19.1 Å². The number of nitrogens with one attached hydrogen (secondary N) is 2. The second-order valence-corrected chi connectivity index (χ2v) is 6.50. The lowest BCUT2D eigenvalue weighted by Crippen LogP contribution is -2.45. The maximum atomic E-state index is 12.0. The summed E-state index contributed by atoms with van der Waals surface area (Å²) in [6.45, 7) is 0.694. The van der Waals surface area contributed by atoms with Gasteiger partial charge in [0.05, 0.1) is 0 Å².